The molecule has 0 bridgehead atoms. The monoisotopic (exact) mass is 233 g/mol. The van der Waals surface area contributed by atoms with Crippen molar-refractivity contribution in [2.45, 2.75) is 6.42 Å². The molecule has 0 radical (unpaired) electrons. The lowest BCUT2D eigenvalue weighted by Crippen LogP contribution is -2.26. The van der Waals surface area contributed by atoms with E-state index in [2.05, 4.69) is 9.97 Å². The molecule has 0 saturated heterocycles. The second-order valence-corrected chi connectivity index (χ2v) is 3.47. The predicted octanol–water partition coefficient (Wildman–Crippen LogP) is 0.0576. The zero-order valence-corrected chi connectivity index (χ0v) is 9.19. The summed E-state index contributed by atoms with van der Waals surface area (Å²) in [6.07, 6.45) is 0.392. The molecule has 0 aliphatic rings. The quantitative estimate of drug-likeness (QED) is 0.784. The second-order valence-electron chi connectivity index (χ2n) is 3.47. The van der Waals surface area contributed by atoms with E-state index in [9.17, 15) is 9.59 Å². The van der Waals surface area contributed by atoms with E-state index in [1.54, 1.807) is 19.2 Å². The lowest BCUT2D eigenvalue weighted by Gasteiger charge is -2.02. The van der Waals surface area contributed by atoms with Gasteiger partial charge in [0.25, 0.3) is 0 Å². The molecule has 2 rings (SSSR count). The van der Waals surface area contributed by atoms with Crippen molar-refractivity contribution in [2.75, 3.05) is 7.11 Å². The molecule has 1 aromatic carbocycles. The highest BCUT2D eigenvalue weighted by Crippen LogP contribution is 2.12. The number of methoxy groups -OCH3 is 1. The first kappa shape index (κ1) is 11.1. The Kier molecular flexibility index (Phi) is 3.04. The molecule has 2 aromatic rings. The molecule has 0 unspecified atom stereocenters. The molecule has 17 heavy (non-hydrogen) atoms. The van der Waals surface area contributed by atoms with Gasteiger partial charge in [0, 0.05) is 6.42 Å². The fourth-order valence-corrected chi connectivity index (χ4v) is 1.46. The number of H-pyrrole nitrogens is 2. The van der Waals surface area contributed by atoms with Crippen LogP contribution >= 0.6 is 0 Å². The molecular weight excluding hydrogens is 222 g/mol. The standard InChI is InChI=1S/C11H11N3O3/c1-17-8-4-2-7(3-5-8)6-9-12-10(15)14-11(16)13-9/h2-5H,6H2,1H3,(H2,12,13,14,15,16). The maximum Gasteiger partial charge on any atom is 0.350 e. The van der Waals surface area contributed by atoms with Crippen molar-refractivity contribution in [3.8, 4) is 5.75 Å². The van der Waals surface area contributed by atoms with E-state index in [1.165, 1.54) is 0 Å². The Morgan fingerprint density at radius 1 is 1.18 bits per heavy atom. The van der Waals surface area contributed by atoms with E-state index in [-0.39, 0.29) is 0 Å². The lowest BCUT2D eigenvalue weighted by molar-refractivity contribution is 0.414. The summed E-state index contributed by atoms with van der Waals surface area (Å²) < 4.78 is 5.03. The fraction of sp³-hybridized carbons (Fsp3) is 0.182. The molecule has 0 aliphatic carbocycles. The van der Waals surface area contributed by atoms with E-state index in [4.69, 9.17) is 4.74 Å². The van der Waals surface area contributed by atoms with Crippen LogP contribution in [0.1, 0.15) is 11.4 Å². The summed E-state index contributed by atoms with van der Waals surface area (Å²) in [5.74, 6) is 1.09. The molecule has 0 fully saturated rings. The molecule has 1 heterocycles. The Labute approximate surface area is 96.3 Å². The van der Waals surface area contributed by atoms with Gasteiger partial charge in [0.15, 0.2) is 0 Å². The van der Waals surface area contributed by atoms with Gasteiger partial charge in [0.05, 0.1) is 7.11 Å². The molecule has 0 atom stereocenters. The zero-order valence-electron chi connectivity index (χ0n) is 9.19. The van der Waals surface area contributed by atoms with Crippen LogP contribution in [0.15, 0.2) is 33.9 Å². The first-order valence-electron chi connectivity index (χ1n) is 5.00. The van der Waals surface area contributed by atoms with Crippen LogP contribution in [0, 0.1) is 0 Å². The average Bonchev–Trinajstić information content (AvgIpc) is 2.28. The molecule has 6 nitrogen and oxygen atoms in total. The number of nitrogens with zero attached hydrogens (tertiary/aromatic N) is 1. The molecule has 0 spiro atoms. The first-order valence-corrected chi connectivity index (χ1v) is 5.00. The number of benzene rings is 1. The molecule has 0 aliphatic heterocycles. The van der Waals surface area contributed by atoms with Crippen molar-refractivity contribution < 1.29 is 4.74 Å². The van der Waals surface area contributed by atoms with Crippen molar-refractivity contribution in [1.29, 1.82) is 0 Å². The maximum absolute atomic E-state index is 11.0. The molecule has 88 valence electrons. The van der Waals surface area contributed by atoms with Gasteiger partial charge in [-0.2, -0.15) is 4.98 Å². The van der Waals surface area contributed by atoms with Crippen LogP contribution in [0.2, 0.25) is 0 Å². The Hall–Kier alpha value is -2.37. The van der Waals surface area contributed by atoms with Gasteiger partial charge in [-0.3, -0.25) is 9.97 Å². The number of aromatic nitrogens is 3. The number of aromatic amines is 2. The minimum Gasteiger partial charge on any atom is -0.497 e. The van der Waals surface area contributed by atoms with Crippen molar-refractivity contribution in [3.05, 3.63) is 56.6 Å². The van der Waals surface area contributed by atoms with Crippen LogP contribution in [0.4, 0.5) is 0 Å². The average molecular weight is 233 g/mol. The Morgan fingerprint density at radius 2 is 1.88 bits per heavy atom. The van der Waals surface area contributed by atoms with Gasteiger partial charge in [-0.1, -0.05) is 12.1 Å². The summed E-state index contributed by atoms with van der Waals surface area (Å²) in [6, 6.07) is 7.31. The Morgan fingerprint density at radius 3 is 2.47 bits per heavy atom. The van der Waals surface area contributed by atoms with Gasteiger partial charge in [0.2, 0.25) is 0 Å². The summed E-state index contributed by atoms with van der Waals surface area (Å²) in [5, 5.41) is 0. The van der Waals surface area contributed by atoms with Crippen molar-refractivity contribution in [2.24, 2.45) is 0 Å². The normalized spacial score (nSPS) is 10.2. The van der Waals surface area contributed by atoms with E-state index in [1.807, 2.05) is 17.1 Å². The van der Waals surface area contributed by atoms with Crippen LogP contribution in [-0.2, 0) is 6.42 Å². The smallest absolute Gasteiger partial charge is 0.350 e. The summed E-state index contributed by atoms with van der Waals surface area (Å²) >= 11 is 0. The van der Waals surface area contributed by atoms with Gasteiger partial charge >= 0.3 is 11.4 Å². The van der Waals surface area contributed by atoms with E-state index in [0.717, 1.165) is 11.3 Å². The minimum atomic E-state index is -0.641. The third-order valence-electron chi connectivity index (χ3n) is 2.25. The van der Waals surface area contributed by atoms with E-state index >= 15 is 0 Å². The highest BCUT2D eigenvalue weighted by atomic mass is 16.5. The van der Waals surface area contributed by atoms with Crippen LogP contribution < -0.4 is 16.1 Å². The molecule has 0 amide bonds. The van der Waals surface area contributed by atoms with Crippen LogP contribution in [0.3, 0.4) is 0 Å². The first-order chi connectivity index (χ1) is 8.17. The minimum absolute atomic E-state index is 0.337. The Balaban J connectivity index is 2.25. The second kappa shape index (κ2) is 4.65. The van der Waals surface area contributed by atoms with Crippen LogP contribution in [-0.4, -0.2) is 22.1 Å². The highest BCUT2D eigenvalue weighted by Gasteiger charge is 2.01. The Bertz CT molecular complexity index is 585. The van der Waals surface area contributed by atoms with Crippen molar-refractivity contribution >= 4 is 0 Å². The number of rotatable bonds is 3. The summed E-state index contributed by atoms with van der Waals surface area (Å²) in [4.78, 5) is 30.2. The van der Waals surface area contributed by atoms with E-state index in [0.29, 0.717) is 12.2 Å². The topological polar surface area (TPSA) is 87.8 Å². The SMILES string of the molecule is COc1ccc(Cc2nc(=O)[nH]c(=O)[nH]2)cc1. The number of ether oxygens (including phenoxy) is 1. The third kappa shape index (κ3) is 2.81. The third-order valence-corrected chi connectivity index (χ3v) is 2.25. The van der Waals surface area contributed by atoms with E-state index < -0.39 is 11.4 Å². The summed E-state index contributed by atoms with van der Waals surface area (Å²) in [7, 11) is 1.59. The van der Waals surface area contributed by atoms with Gasteiger partial charge in [-0.05, 0) is 17.7 Å². The van der Waals surface area contributed by atoms with Crippen LogP contribution in [0.5, 0.6) is 5.75 Å². The van der Waals surface area contributed by atoms with Gasteiger partial charge in [-0.25, -0.2) is 9.59 Å². The summed E-state index contributed by atoms with van der Waals surface area (Å²) in [6.45, 7) is 0. The molecular formula is C11H11N3O3. The number of hydrogen-bond donors (Lipinski definition) is 2. The lowest BCUT2D eigenvalue weighted by atomic mass is 10.1. The number of nitrogens with one attached hydrogen (secondary N) is 2. The molecule has 6 heteroatoms. The highest BCUT2D eigenvalue weighted by molar-refractivity contribution is 5.28. The zero-order chi connectivity index (χ0) is 12.3. The van der Waals surface area contributed by atoms with Crippen LogP contribution in [0.25, 0.3) is 0 Å². The maximum atomic E-state index is 11.0. The van der Waals surface area contributed by atoms with Gasteiger partial charge in [0.1, 0.15) is 11.6 Å². The molecule has 1 aromatic heterocycles. The largest absolute Gasteiger partial charge is 0.497 e. The van der Waals surface area contributed by atoms with Gasteiger partial charge < -0.3 is 4.74 Å². The van der Waals surface area contributed by atoms with Crippen molar-refractivity contribution in [3.63, 3.8) is 0 Å². The molecule has 2 N–H and O–H groups in total. The molecule has 0 saturated carbocycles. The number of hydrogen-bond acceptors (Lipinski definition) is 4. The predicted molar refractivity (Wildman–Crippen MR) is 61.3 cm³/mol. The summed E-state index contributed by atoms with van der Waals surface area (Å²) in [5.41, 5.74) is -0.259. The fourth-order valence-electron chi connectivity index (χ4n) is 1.46. The van der Waals surface area contributed by atoms with Crippen molar-refractivity contribution in [1.82, 2.24) is 15.0 Å². The van der Waals surface area contributed by atoms with Gasteiger partial charge in [-0.15, -0.1) is 0 Å².